The maximum atomic E-state index is 11.1. The number of ether oxygens (including phenoxy) is 1. The van der Waals surface area contributed by atoms with Gasteiger partial charge in [-0.15, -0.1) is 0 Å². The zero-order chi connectivity index (χ0) is 9.68. The second kappa shape index (κ2) is 4.20. The van der Waals surface area contributed by atoms with E-state index in [1.54, 1.807) is 6.07 Å². The van der Waals surface area contributed by atoms with E-state index >= 15 is 0 Å². The number of amides is 1. The fourth-order valence-corrected chi connectivity index (χ4v) is 0.704. The first kappa shape index (κ1) is 9.18. The Hall–Kier alpha value is -1.91. The van der Waals surface area contributed by atoms with Crippen LogP contribution in [0.2, 0.25) is 0 Å². The minimum absolute atomic E-state index is 0.295. The molecule has 5 nitrogen and oxygen atoms in total. The van der Waals surface area contributed by atoms with E-state index in [1.165, 1.54) is 18.5 Å². The van der Waals surface area contributed by atoms with Gasteiger partial charge in [-0.3, -0.25) is 9.78 Å². The molecule has 0 saturated carbocycles. The topological polar surface area (TPSA) is 82.3 Å². The molecule has 0 spiro atoms. The molecular weight excluding hydrogens is 172 g/mol. The first-order valence-corrected chi connectivity index (χ1v) is 3.55. The van der Waals surface area contributed by atoms with Gasteiger partial charge >= 0.3 is 5.97 Å². The van der Waals surface area contributed by atoms with Crippen molar-refractivity contribution in [3.63, 3.8) is 0 Å². The summed E-state index contributed by atoms with van der Waals surface area (Å²) in [7, 11) is 0. The van der Waals surface area contributed by atoms with Crippen LogP contribution in [0.5, 0.6) is 0 Å². The van der Waals surface area contributed by atoms with Crippen molar-refractivity contribution in [3.05, 3.63) is 30.1 Å². The molecule has 0 fully saturated rings. The average molecular weight is 180 g/mol. The third kappa shape index (κ3) is 2.90. The van der Waals surface area contributed by atoms with Crippen molar-refractivity contribution in [2.45, 2.75) is 0 Å². The second-order valence-electron chi connectivity index (χ2n) is 2.28. The third-order valence-electron chi connectivity index (χ3n) is 1.24. The van der Waals surface area contributed by atoms with E-state index in [0.717, 1.165) is 0 Å². The number of primary amides is 1. The van der Waals surface area contributed by atoms with Crippen LogP contribution in [-0.4, -0.2) is 23.5 Å². The Morgan fingerprint density at radius 1 is 1.54 bits per heavy atom. The standard InChI is InChI=1S/C8H8N2O3/c9-7(11)5-13-8(12)6-2-1-3-10-4-6/h1-4H,5H2,(H2,9,11). The molecule has 0 aromatic carbocycles. The van der Waals surface area contributed by atoms with Gasteiger partial charge in [0.2, 0.25) is 0 Å². The highest BCUT2D eigenvalue weighted by Gasteiger charge is 2.07. The highest BCUT2D eigenvalue weighted by Crippen LogP contribution is 1.97. The smallest absolute Gasteiger partial charge is 0.340 e. The van der Waals surface area contributed by atoms with E-state index in [4.69, 9.17) is 5.73 Å². The number of rotatable bonds is 3. The highest BCUT2D eigenvalue weighted by atomic mass is 16.5. The summed E-state index contributed by atoms with van der Waals surface area (Å²) in [5, 5.41) is 0. The lowest BCUT2D eigenvalue weighted by atomic mass is 10.3. The fourth-order valence-electron chi connectivity index (χ4n) is 0.704. The van der Waals surface area contributed by atoms with Gasteiger partial charge in [-0.1, -0.05) is 0 Å². The minimum atomic E-state index is -0.683. The molecular formula is C8H8N2O3. The van der Waals surface area contributed by atoms with Crippen LogP contribution in [0.3, 0.4) is 0 Å². The summed E-state index contributed by atoms with van der Waals surface area (Å²) in [5.74, 6) is -1.29. The van der Waals surface area contributed by atoms with Crippen molar-refractivity contribution in [1.82, 2.24) is 4.98 Å². The summed E-state index contributed by atoms with van der Waals surface area (Å²) >= 11 is 0. The highest BCUT2D eigenvalue weighted by molar-refractivity contribution is 5.90. The maximum absolute atomic E-state index is 11.1. The summed E-state index contributed by atoms with van der Waals surface area (Å²) in [6.45, 7) is -0.409. The van der Waals surface area contributed by atoms with E-state index in [0.29, 0.717) is 5.56 Å². The summed E-state index contributed by atoms with van der Waals surface area (Å²) in [6, 6.07) is 3.14. The van der Waals surface area contributed by atoms with Crippen LogP contribution >= 0.6 is 0 Å². The van der Waals surface area contributed by atoms with Crippen molar-refractivity contribution in [1.29, 1.82) is 0 Å². The van der Waals surface area contributed by atoms with Crippen LogP contribution in [0.25, 0.3) is 0 Å². The lowest BCUT2D eigenvalue weighted by Gasteiger charge is -2.00. The maximum Gasteiger partial charge on any atom is 0.340 e. The Balaban J connectivity index is 2.54. The van der Waals surface area contributed by atoms with Crippen LogP contribution in [0.15, 0.2) is 24.5 Å². The van der Waals surface area contributed by atoms with Gasteiger partial charge in [-0.2, -0.15) is 0 Å². The van der Waals surface area contributed by atoms with Crippen LogP contribution < -0.4 is 5.73 Å². The van der Waals surface area contributed by atoms with E-state index in [-0.39, 0.29) is 0 Å². The summed E-state index contributed by atoms with van der Waals surface area (Å²) in [6.07, 6.45) is 2.88. The normalized spacial score (nSPS) is 9.23. The molecule has 13 heavy (non-hydrogen) atoms. The quantitative estimate of drug-likeness (QED) is 0.649. The van der Waals surface area contributed by atoms with Crippen LogP contribution in [0.1, 0.15) is 10.4 Å². The lowest BCUT2D eigenvalue weighted by molar-refractivity contribution is -0.121. The number of nitrogens with zero attached hydrogens (tertiary/aromatic N) is 1. The molecule has 0 saturated heterocycles. The molecule has 2 N–H and O–H groups in total. The fraction of sp³-hybridized carbons (Fsp3) is 0.125. The Morgan fingerprint density at radius 2 is 2.31 bits per heavy atom. The molecule has 0 aliphatic carbocycles. The first-order valence-electron chi connectivity index (χ1n) is 3.55. The second-order valence-corrected chi connectivity index (χ2v) is 2.28. The molecule has 1 aromatic heterocycles. The van der Waals surface area contributed by atoms with E-state index < -0.39 is 18.5 Å². The zero-order valence-corrected chi connectivity index (χ0v) is 6.77. The summed E-state index contributed by atoms with van der Waals surface area (Å²) in [4.78, 5) is 25.1. The number of carbonyl (C=O) groups excluding carboxylic acids is 2. The number of nitrogens with two attached hydrogens (primary N) is 1. The van der Waals surface area contributed by atoms with Crippen molar-refractivity contribution in [3.8, 4) is 0 Å². The minimum Gasteiger partial charge on any atom is -0.452 e. The van der Waals surface area contributed by atoms with Crippen molar-refractivity contribution >= 4 is 11.9 Å². The number of aromatic nitrogens is 1. The summed E-state index contributed by atoms with van der Waals surface area (Å²) in [5.41, 5.74) is 5.08. The number of esters is 1. The van der Waals surface area contributed by atoms with E-state index in [9.17, 15) is 9.59 Å². The van der Waals surface area contributed by atoms with Gasteiger partial charge in [-0.25, -0.2) is 4.79 Å². The molecule has 5 heteroatoms. The van der Waals surface area contributed by atoms with Gasteiger partial charge < -0.3 is 10.5 Å². The molecule has 1 aromatic rings. The molecule has 1 heterocycles. The van der Waals surface area contributed by atoms with Crippen molar-refractivity contribution in [2.24, 2.45) is 5.73 Å². The van der Waals surface area contributed by atoms with Crippen LogP contribution in [-0.2, 0) is 9.53 Å². The van der Waals surface area contributed by atoms with E-state index in [2.05, 4.69) is 9.72 Å². The summed E-state index contributed by atoms with van der Waals surface area (Å²) < 4.78 is 4.54. The lowest BCUT2D eigenvalue weighted by Crippen LogP contribution is -2.20. The molecule has 0 aliphatic heterocycles. The number of hydrogen-bond acceptors (Lipinski definition) is 4. The van der Waals surface area contributed by atoms with Crippen molar-refractivity contribution < 1.29 is 14.3 Å². The number of carbonyl (C=O) groups is 2. The van der Waals surface area contributed by atoms with Crippen molar-refractivity contribution in [2.75, 3.05) is 6.61 Å². The Morgan fingerprint density at radius 3 is 2.85 bits per heavy atom. The molecule has 0 bridgehead atoms. The predicted molar refractivity (Wildman–Crippen MR) is 43.7 cm³/mol. The molecule has 0 atom stereocenters. The predicted octanol–water partition coefficient (Wildman–Crippen LogP) is -0.276. The molecule has 1 rings (SSSR count). The largest absolute Gasteiger partial charge is 0.452 e. The van der Waals surface area contributed by atoms with Crippen LogP contribution in [0.4, 0.5) is 0 Å². The number of hydrogen-bond donors (Lipinski definition) is 1. The molecule has 68 valence electrons. The van der Waals surface area contributed by atoms with Gasteiger partial charge in [0.25, 0.3) is 5.91 Å². The Labute approximate surface area is 74.5 Å². The SMILES string of the molecule is NC(=O)COC(=O)c1cccnc1. The van der Waals surface area contributed by atoms with E-state index in [1.807, 2.05) is 0 Å². The monoisotopic (exact) mass is 180 g/mol. The van der Waals surface area contributed by atoms with Gasteiger partial charge in [-0.05, 0) is 12.1 Å². The molecule has 0 aliphatic rings. The average Bonchev–Trinajstić information content (AvgIpc) is 2.15. The number of pyridine rings is 1. The van der Waals surface area contributed by atoms with Gasteiger partial charge in [0.1, 0.15) is 0 Å². The first-order chi connectivity index (χ1) is 6.20. The molecule has 0 radical (unpaired) electrons. The third-order valence-corrected chi connectivity index (χ3v) is 1.24. The van der Waals surface area contributed by atoms with Gasteiger partial charge in [0, 0.05) is 12.4 Å². The van der Waals surface area contributed by atoms with Gasteiger partial charge in [0.15, 0.2) is 6.61 Å². The molecule has 1 amide bonds. The molecule has 0 unspecified atom stereocenters. The Kier molecular flexibility index (Phi) is 2.97. The zero-order valence-electron chi connectivity index (χ0n) is 6.77. The van der Waals surface area contributed by atoms with Crippen LogP contribution in [0, 0.1) is 0 Å². The Bertz CT molecular complexity index is 310. The van der Waals surface area contributed by atoms with Gasteiger partial charge in [0.05, 0.1) is 5.56 Å².